The van der Waals surface area contributed by atoms with Crippen LogP contribution in [0.1, 0.15) is 40.5 Å². The second kappa shape index (κ2) is 6.72. The Morgan fingerprint density at radius 3 is 2.59 bits per heavy atom. The van der Waals surface area contributed by atoms with Crippen LogP contribution in [0.2, 0.25) is 0 Å². The van der Waals surface area contributed by atoms with E-state index in [9.17, 15) is 0 Å². The zero-order chi connectivity index (χ0) is 12.9. The average Bonchev–Trinajstić information content (AvgIpc) is 2.58. The molecule has 1 aliphatic rings. The lowest BCUT2D eigenvalue weighted by molar-refractivity contribution is 0.103. The lowest BCUT2D eigenvalue weighted by Crippen LogP contribution is -2.52. The molecule has 0 amide bonds. The van der Waals surface area contributed by atoms with E-state index in [0.29, 0.717) is 17.5 Å². The van der Waals surface area contributed by atoms with Crippen molar-refractivity contribution in [2.75, 3.05) is 33.4 Å². The van der Waals surface area contributed by atoms with E-state index >= 15 is 0 Å². The van der Waals surface area contributed by atoms with E-state index in [0.717, 1.165) is 26.2 Å². The Hall–Kier alpha value is -0.120. The van der Waals surface area contributed by atoms with Crippen molar-refractivity contribution >= 4 is 0 Å². The van der Waals surface area contributed by atoms with E-state index in [2.05, 4.69) is 37.9 Å². The molecule has 17 heavy (non-hydrogen) atoms. The standard InChI is InChI=1S/C14H30N2O/c1-6-15-13-12(8-9-14(13,3)4)16(7-2)10-11-17-5/h12-13,15H,6-11H2,1-5H3. The molecule has 0 saturated heterocycles. The summed E-state index contributed by atoms with van der Waals surface area (Å²) in [5.41, 5.74) is 0.418. The van der Waals surface area contributed by atoms with Crippen LogP contribution in [0.25, 0.3) is 0 Å². The van der Waals surface area contributed by atoms with Crippen LogP contribution in [-0.2, 0) is 4.74 Å². The van der Waals surface area contributed by atoms with E-state index in [1.807, 2.05) is 0 Å². The zero-order valence-corrected chi connectivity index (χ0v) is 12.3. The number of methoxy groups -OCH3 is 1. The van der Waals surface area contributed by atoms with Gasteiger partial charge in [-0.3, -0.25) is 4.90 Å². The van der Waals surface area contributed by atoms with Gasteiger partial charge in [0.25, 0.3) is 0 Å². The monoisotopic (exact) mass is 242 g/mol. The minimum atomic E-state index is 0.418. The van der Waals surface area contributed by atoms with Crippen molar-refractivity contribution in [3.05, 3.63) is 0 Å². The molecule has 0 bridgehead atoms. The number of hydrogen-bond donors (Lipinski definition) is 1. The van der Waals surface area contributed by atoms with Crippen LogP contribution in [0.15, 0.2) is 0 Å². The van der Waals surface area contributed by atoms with Crippen molar-refractivity contribution in [1.82, 2.24) is 10.2 Å². The predicted octanol–water partition coefficient (Wildman–Crippen LogP) is 2.12. The molecule has 1 aliphatic carbocycles. The molecule has 0 aliphatic heterocycles. The second-order valence-electron chi connectivity index (χ2n) is 5.75. The van der Waals surface area contributed by atoms with Crippen molar-refractivity contribution in [2.45, 2.75) is 52.6 Å². The fourth-order valence-electron chi connectivity index (χ4n) is 3.16. The molecule has 3 nitrogen and oxygen atoms in total. The van der Waals surface area contributed by atoms with Crippen LogP contribution < -0.4 is 5.32 Å². The Labute approximate surface area is 107 Å². The van der Waals surface area contributed by atoms with Gasteiger partial charge in [-0.05, 0) is 31.3 Å². The average molecular weight is 242 g/mol. The second-order valence-corrected chi connectivity index (χ2v) is 5.75. The van der Waals surface area contributed by atoms with Crippen LogP contribution >= 0.6 is 0 Å². The van der Waals surface area contributed by atoms with Crippen molar-refractivity contribution in [3.63, 3.8) is 0 Å². The molecule has 0 aromatic heterocycles. The molecule has 0 radical (unpaired) electrons. The summed E-state index contributed by atoms with van der Waals surface area (Å²) >= 11 is 0. The summed E-state index contributed by atoms with van der Waals surface area (Å²) in [6.45, 7) is 13.3. The SMILES string of the molecule is CCNC1C(N(CC)CCOC)CCC1(C)C. The zero-order valence-electron chi connectivity index (χ0n) is 12.3. The number of nitrogens with one attached hydrogen (secondary N) is 1. The number of hydrogen-bond acceptors (Lipinski definition) is 3. The highest BCUT2D eigenvalue weighted by Gasteiger charge is 2.43. The summed E-state index contributed by atoms with van der Waals surface area (Å²) in [4.78, 5) is 2.57. The number of ether oxygens (including phenoxy) is 1. The van der Waals surface area contributed by atoms with Crippen LogP contribution in [0.4, 0.5) is 0 Å². The minimum Gasteiger partial charge on any atom is -0.383 e. The molecular formula is C14H30N2O. The maximum atomic E-state index is 5.22. The van der Waals surface area contributed by atoms with Crippen molar-refractivity contribution in [3.8, 4) is 0 Å². The fourth-order valence-corrected chi connectivity index (χ4v) is 3.16. The molecule has 1 saturated carbocycles. The highest BCUT2D eigenvalue weighted by molar-refractivity contribution is 5.00. The summed E-state index contributed by atoms with van der Waals surface area (Å²) < 4.78 is 5.22. The first-order valence-electron chi connectivity index (χ1n) is 7.03. The van der Waals surface area contributed by atoms with Crippen molar-refractivity contribution < 1.29 is 4.74 Å². The first-order valence-corrected chi connectivity index (χ1v) is 7.03. The van der Waals surface area contributed by atoms with Crippen LogP contribution in [-0.4, -0.2) is 50.3 Å². The van der Waals surface area contributed by atoms with Gasteiger partial charge in [0, 0.05) is 25.7 Å². The molecule has 0 aromatic rings. The van der Waals surface area contributed by atoms with E-state index in [-0.39, 0.29) is 0 Å². The van der Waals surface area contributed by atoms with Gasteiger partial charge >= 0.3 is 0 Å². The highest BCUT2D eigenvalue weighted by Crippen LogP contribution is 2.39. The van der Waals surface area contributed by atoms with Gasteiger partial charge in [0.1, 0.15) is 0 Å². The quantitative estimate of drug-likeness (QED) is 0.740. The van der Waals surface area contributed by atoms with Gasteiger partial charge in [-0.2, -0.15) is 0 Å². The smallest absolute Gasteiger partial charge is 0.0589 e. The minimum absolute atomic E-state index is 0.418. The maximum Gasteiger partial charge on any atom is 0.0589 e. The van der Waals surface area contributed by atoms with Crippen LogP contribution in [0.3, 0.4) is 0 Å². The first kappa shape index (κ1) is 14.9. The van der Waals surface area contributed by atoms with E-state index in [1.165, 1.54) is 12.8 Å². The van der Waals surface area contributed by atoms with Gasteiger partial charge in [-0.15, -0.1) is 0 Å². The fraction of sp³-hybridized carbons (Fsp3) is 1.00. The molecule has 0 spiro atoms. The third kappa shape index (κ3) is 3.67. The Bertz CT molecular complexity index is 218. The summed E-state index contributed by atoms with van der Waals surface area (Å²) in [6, 6.07) is 1.29. The maximum absolute atomic E-state index is 5.22. The molecule has 1 N–H and O–H groups in total. The number of likely N-dealkylation sites (N-methyl/N-ethyl adjacent to an activating group) is 2. The Kier molecular flexibility index (Phi) is 5.90. The van der Waals surface area contributed by atoms with E-state index < -0.39 is 0 Å². The molecule has 1 rings (SSSR count). The third-order valence-corrected chi connectivity index (χ3v) is 4.19. The highest BCUT2D eigenvalue weighted by atomic mass is 16.5. The number of rotatable bonds is 7. The topological polar surface area (TPSA) is 24.5 Å². The molecule has 2 atom stereocenters. The van der Waals surface area contributed by atoms with Crippen LogP contribution in [0, 0.1) is 5.41 Å². The molecule has 1 fully saturated rings. The lowest BCUT2D eigenvalue weighted by atomic mass is 9.86. The van der Waals surface area contributed by atoms with Crippen molar-refractivity contribution in [1.29, 1.82) is 0 Å². The predicted molar refractivity (Wildman–Crippen MR) is 73.4 cm³/mol. The van der Waals surface area contributed by atoms with Gasteiger partial charge in [-0.1, -0.05) is 27.7 Å². The first-order chi connectivity index (χ1) is 8.06. The Balaban J connectivity index is 2.66. The summed E-state index contributed by atoms with van der Waals surface area (Å²) in [6.07, 6.45) is 2.63. The molecular weight excluding hydrogens is 212 g/mol. The number of nitrogens with zero attached hydrogens (tertiary/aromatic N) is 1. The molecule has 0 heterocycles. The lowest BCUT2D eigenvalue weighted by Gasteiger charge is -2.37. The van der Waals surface area contributed by atoms with Gasteiger partial charge in [-0.25, -0.2) is 0 Å². The summed E-state index contributed by atoms with van der Waals surface area (Å²) in [5, 5.41) is 3.69. The molecule has 102 valence electrons. The van der Waals surface area contributed by atoms with Gasteiger partial charge < -0.3 is 10.1 Å². The van der Waals surface area contributed by atoms with Gasteiger partial charge in [0.05, 0.1) is 6.61 Å². The molecule has 0 aromatic carbocycles. The summed E-state index contributed by atoms with van der Waals surface area (Å²) in [7, 11) is 1.79. The largest absolute Gasteiger partial charge is 0.383 e. The van der Waals surface area contributed by atoms with Crippen LogP contribution in [0.5, 0.6) is 0 Å². The van der Waals surface area contributed by atoms with E-state index in [1.54, 1.807) is 7.11 Å². The molecule has 2 unspecified atom stereocenters. The van der Waals surface area contributed by atoms with E-state index in [4.69, 9.17) is 4.74 Å². The Morgan fingerprint density at radius 1 is 1.35 bits per heavy atom. The van der Waals surface area contributed by atoms with Gasteiger partial charge in [0.2, 0.25) is 0 Å². The van der Waals surface area contributed by atoms with Gasteiger partial charge in [0.15, 0.2) is 0 Å². The summed E-state index contributed by atoms with van der Waals surface area (Å²) in [5.74, 6) is 0. The van der Waals surface area contributed by atoms with Crippen molar-refractivity contribution in [2.24, 2.45) is 5.41 Å². The normalized spacial score (nSPS) is 27.9. The molecule has 3 heteroatoms. The Morgan fingerprint density at radius 2 is 2.06 bits per heavy atom. The third-order valence-electron chi connectivity index (χ3n) is 4.19.